The second-order valence-corrected chi connectivity index (χ2v) is 2.14. The van der Waals surface area contributed by atoms with Crippen LogP contribution in [0.3, 0.4) is 0 Å². The number of rotatable bonds is 0. The Hall–Kier alpha value is 1.70. The van der Waals surface area contributed by atoms with Crippen molar-refractivity contribution in [2.24, 2.45) is 0 Å². The zero-order valence-electron chi connectivity index (χ0n) is 7.20. The molecule has 0 saturated carbocycles. The molecule has 0 fully saturated rings. The van der Waals surface area contributed by atoms with Gasteiger partial charge in [-0.15, -0.1) is 0 Å². The number of carbonyl (C=O) groups is 2. The fourth-order valence-corrected chi connectivity index (χ4v) is 0. The normalized spacial score (nSPS) is 6.00. The second kappa shape index (κ2) is 18.5. The summed E-state index contributed by atoms with van der Waals surface area (Å²) in [5.41, 5.74) is 0. The van der Waals surface area contributed by atoms with E-state index in [9.17, 15) is 9.59 Å². The van der Waals surface area contributed by atoms with Crippen LogP contribution in [0.4, 0.5) is 0 Å². The van der Waals surface area contributed by atoms with Crippen LogP contribution in [0.5, 0.6) is 0 Å². The van der Waals surface area contributed by atoms with Crippen molar-refractivity contribution in [2.75, 3.05) is 0 Å². The number of hydrogen-bond acceptors (Lipinski definition) is 4. The maximum absolute atomic E-state index is 9.71. The van der Waals surface area contributed by atoms with Gasteiger partial charge in [0, 0.05) is 79.3 Å². The molecular formula is C6H10O3SY2-2. The van der Waals surface area contributed by atoms with Gasteiger partial charge in [-0.1, -0.05) is 0 Å². The Morgan fingerprint density at radius 1 is 1.25 bits per heavy atom. The maximum atomic E-state index is 9.71. The first-order valence-corrected chi connectivity index (χ1v) is 3.38. The summed E-state index contributed by atoms with van der Waals surface area (Å²) in [6, 6.07) is 0. The Morgan fingerprint density at radius 2 is 1.42 bits per heavy atom. The first-order chi connectivity index (χ1) is 4.54. The van der Waals surface area contributed by atoms with Crippen molar-refractivity contribution in [3.8, 4) is 0 Å². The van der Waals surface area contributed by atoms with Gasteiger partial charge in [-0.2, -0.15) is 7.11 Å². The van der Waals surface area contributed by atoms with Gasteiger partial charge in [-0.3, -0.25) is 27.6 Å². The minimum Gasteiger partial charge on any atom is -0.640 e. The van der Waals surface area contributed by atoms with Gasteiger partial charge < -0.3 is 4.74 Å². The molecule has 0 spiro atoms. The number of ether oxygens (including phenoxy) is 1. The number of esters is 1. The number of thioether (sulfide) groups is 1. The average molecular weight is 340 g/mol. The first kappa shape index (κ1) is 23.5. The summed E-state index contributed by atoms with van der Waals surface area (Å²) in [5.74, 6) is -0.356. The van der Waals surface area contributed by atoms with Gasteiger partial charge in [0.2, 0.25) is 0 Å². The molecular weight excluding hydrogens is 330 g/mol. The minimum atomic E-state index is -0.356. The van der Waals surface area contributed by atoms with Crippen molar-refractivity contribution in [1.29, 1.82) is 0 Å². The van der Waals surface area contributed by atoms with Crippen LogP contribution in [0.2, 0.25) is 0 Å². The third-order valence-corrected chi connectivity index (χ3v) is 0.813. The van der Waals surface area contributed by atoms with Crippen molar-refractivity contribution < 1.29 is 79.7 Å². The first-order valence-electron chi connectivity index (χ1n) is 2.39. The minimum absolute atomic E-state index is 0. The molecule has 0 amide bonds. The van der Waals surface area contributed by atoms with Crippen molar-refractivity contribution in [1.82, 2.24) is 0 Å². The monoisotopic (exact) mass is 340 g/mol. The Kier molecular flexibility index (Phi) is 36.2. The van der Waals surface area contributed by atoms with E-state index in [4.69, 9.17) is 0 Å². The standard InChI is InChI=1S/C3H5O2.C3H5OS.2Y/c2*1-3(4)5-2;;/h2*2H2,1H3;;/q2*-1;;. The van der Waals surface area contributed by atoms with Gasteiger partial charge in [0.1, 0.15) is 0 Å². The van der Waals surface area contributed by atoms with E-state index in [0.717, 1.165) is 11.8 Å². The van der Waals surface area contributed by atoms with E-state index in [-0.39, 0.29) is 76.5 Å². The zero-order valence-corrected chi connectivity index (χ0v) is 13.7. The maximum Gasteiger partial charge on any atom is 0.270 e. The van der Waals surface area contributed by atoms with Gasteiger partial charge in [0.05, 0.1) is 0 Å². The fraction of sp³-hybridized carbons (Fsp3) is 0.333. The summed E-state index contributed by atoms with van der Waals surface area (Å²) in [7, 11) is 2.84. The third-order valence-electron chi connectivity index (χ3n) is 0.407. The van der Waals surface area contributed by atoms with Gasteiger partial charge in [-0.25, -0.2) is 0 Å². The van der Waals surface area contributed by atoms with Gasteiger partial charge >= 0.3 is 0 Å². The topological polar surface area (TPSA) is 43.4 Å². The van der Waals surface area contributed by atoms with Crippen LogP contribution < -0.4 is 0 Å². The molecule has 0 aromatic carbocycles. The molecule has 0 unspecified atom stereocenters. The molecule has 0 aliphatic heterocycles. The van der Waals surface area contributed by atoms with Crippen molar-refractivity contribution in [2.45, 2.75) is 13.8 Å². The Morgan fingerprint density at radius 3 is 1.42 bits per heavy atom. The smallest absolute Gasteiger partial charge is 0.270 e. The van der Waals surface area contributed by atoms with Crippen molar-refractivity contribution in [3.63, 3.8) is 0 Å². The van der Waals surface area contributed by atoms with Crippen molar-refractivity contribution in [3.05, 3.63) is 13.4 Å². The predicted molar refractivity (Wildman–Crippen MR) is 40.8 cm³/mol. The summed E-state index contributed by atoms with van der Waals surface area (Å²) in [5, 5.41) is 0.0602. The molecule has 3 nitrogen and oxygen atoms in total. The van der Waals surface area contributed by atoms with E-state index in [1.54, 1.807) is 0 Å². The third kappa shape index (κ3) is 41.2. The summed E-state index contributed by atoms with van der Waals surface area (Å²) < 4.78 is 3.86. The van der Waals surface area contributed by atoms with Crippen LogP contribution >= 0.6 is 11.8 Å². The predicted octanol–water partition coefficient (Wildman–Crippen LogP) is 1.39. The Labute approximate surface area is 128 Å². The molecule has 6 heteroatoms. The molecule has 0 aliphatic carbocycles. The van der Waals surface area contributed by atoms with Crippen LogP contribution in [0, 0.1) is 13.4 Å². The quantitative estimate of drug-likeness (QED) is 0.494. The molecule has 66 valence electrons. The molecule has 12 heavy (non-hydrogen) atoms. The summed E-state index contributed by atoms with van der Waals surface area (Å²) in [6.07, 6.45) is 3.25. The largest absolute Gasteiger partial charge is 0.640 e. The molecule has 0 aromatic heterocycles. The molecule has 0 heterocycles. The van der Waals surface area contributed by atoms with E-state index in [1.165, 1.54) is 13.8 Å². The van der Waals surface area contributed by atoms with Crippen LogP contribution in [0.15, 0.2) is 0 Å². The Bertz CT molecular complexity index is 105. The SMILES string of the molecule is [CH2-]OC(C)=O.[CH2-]SC(C)=O.[Y].[Y]. The molecule has 0 N–H and O–H groups in total. The van der Waals surface area contributed by atoms with Crippen LogP contribution in [0.25, 0.3) is 0 Å². The van der Waals surface area contributed by atoms with Gasteiger partial charge in [-0.05, 0) is 0 Å². The molecule has 0 saturated heterocycles. The van der Waals surface area contributed by atoms with E-state index in [0.29, 0.717) is 0 Å². The van der Waals surface area contributed by atoms with Crippen LogP contribution in [0.1, 0.15) is 13.8 Å². The average Bonchev–Trinajstić information content (AvgIpc) is 1.89. The molecule has 0 bridgehead atoms. The molecule has 2 radical (unpaired) electrons. The summed E-state index contributed by atoms with van der Waals surface area (Å²) >= 11 is 0.991. The van der Waals surface area contributed by atoms with E-state index < -0.39 is 0 Å². The van der Waals surface area contributed by atoms with Gasteiger partial charge in [0.25, 0.3) is 5.97 Å². The summed E-state index contributed by atoms with van der Waals surface area (Å²) in [6.45, 7) is 2.78. The van der Waals surface area contributed by atoms with Crippen molar-refractivity contribution >= 4 is 22.8 Å². The molecule has 0 atom stereocenters. The van der Waals surface area contributed by atoms with E-state index in [1.807, 2.05) is 0 Å². The number of carbonyl (C=O) groups excluding carboxylic acids is 2. The van der Waals surface area contributed by atoms with E-state index >= 15 is 0 Å². The fourth-order valence-electron chi connectivity index (χ4n) is 0. The van der Waals surface area contributed by atoms with Crippen LogP contribution in [-0.4, -0.2) is 11.1 Å². The summed E-state index contributed by atoms with van der Waals surface area (Å²) in [4.78, 5) is 19.2. The molecule has 0 aliphatic rings. The second-order valence-electron chi connectivity index (χ2n) is 1.27. The number of hydrogen-bond donors (Lipinski definition) is 0. The zero-order chi connectivity index (χ0) is 8.57. The molecule has 0 rings (SSSR count). The van der Waals surface area contributed by atoms with Gasteiger partial charge in [0.15, 0.2) is 5.12 Å². The Balaban J connectivity index is -0.0000000457. The van der Waals surface area contributed by atoms with E-state index in [2.05, 4.69) is 18.1 Å². The molecule has 0 aromatic rings. The van der Waals surface area contributed by atoms with Crippen LogP contribution in [-0.2, 0) is 79.7 Å².